The summed E-state index contributed by atoms with van der Waals surface area (Å²) >= 11 is 0. The van der Waals surface area contributed by atoms with Crippen LogP contribution in [0.1, 0.15) is 12.6 Å². The molecular formula is C10H15BN5O11P3. The Balaban J connectivity index is 1.63. The molecule has 2 aromatic heterocycles. The van der Waals surface area contributed by atoms with Gasteiger partial charge in [0.15, 0.2) is 19.3 Å². The lowest BCUT2D eigenvalue weighted by Crippen LogP contribution is -2.28. The van der Waals surface area contributed by atoms with Crippen molar-refractivity contribution in [3.63, 3.8) is 0 Å². The first-order valence-electron chi connectivity index (χ1n) is 7.87. The fourth-order valence-electron chi connectivity index (χ4n) is 2.61. The van der Waals surface area contributed by atoms with Crippen molar-refractivity contribution >= 4 is 48.0 Å². The van der Waals surface area contributed by atoms with Gasteiger partial charge in [-0.25, -0.2) is 28.6 Å². The van der Waals surface area contributed by atoms with Crippen LogP contribution in [0.3, 0.4) is 0 Å². The molecule has 20 heteroatoms. The zero-order valence-corrected chi connectivity index (χ0v) is 17.4. The summed E-state index contributed by atoms with van der Waals surface area (Å²) < 4.78 is 41.3. The topological polar surface area (TPSA) is 245 Å². The minimum absolute atomic E-state index is 0.0406. The Morgan fingerprint density at radius 2 is 2.07 bits per heavy atom. The molecule has 1 fully saturated rings. The number of hydrogen-bond acceptors (Lipinski definition) is 12. The lowest BCUT2D eigenvalue weighted by Gasteiger charge is -2.26. The van der Waals surface area contributed by atoms with Crippen LogP contribution in [0.25, 0.3) is 11.2 Å². The van der Waals surface area contributed by atoms with Crippen molar-refractivity contribution in [3.05, 3.63) is 12.7 Å². The van der Waals surface area contributed by atoms with Crippen LogP contribution >= 0.6 is 23.5 Å². The third-order valence-electron chi connectivity index (χ3n) is 3.75. The standard InChI is InChI=1S/C10H15BN5O11P3/c11-28(18,26-30(22,23)27-29(19,20)21)24-2-6-5(17)1-7(25-6)16-4-15-8-9(12)13-3-14-10(8)16/h3-7,17H,1-2H2,(H,22,23)(H2,12,13,14)(H2,19,20,21)/t5-,6+,7+,28?/m0/s1. The average Bonchev–Trinajstić information content (AvgIpc) is 3.14. The fraction of sp³-hybridized carbons (Fsp3) is 0.500. The largest absolute Gasteiger partial charge is 0.646 e. The van der Waals surface area contributed by atoms with Crippen molar-refractivity contribution < 1.29 is 51.7 Å². The van der Waals surface area contributed by atoms with E-state index in [1.807, 2.05) is 0 Å². The number of ether oxygens (including phenoxy) is 1. The number of nitrogens with two attached hydrogens (primary N) is 1. The Bertz CT molecular complexity index is 1020. The SMILES string of the molecule is [B][P+]([O-])(OC[C@H]1O[C@@H](n2cnc3c(N)ncnc32)C[C@@H]1O)OP(=O)(O)OP(=O)(O)O. The molecule has 164 valence electrons. The minimum atomic E-state index is -5.51. The van der Waals surface area contributed by atoms with Gasteiger partial charge in [-0.3, -0.25) is 4.57 Å². The van der Waals surface area contributed by atoms with Gasteiger partial charge in [0.1, 0.15) is 30.8 Å². The second kappa shape index (κ2) is 8.47. The molecule has 16 nitrogen and oxygen atoms in total. The van der Waals surface area contributed by atoms with Crippen molar-refractivity contribution in [1.29, 1.82) is 0 Å². The van der Waals surface area contributed by atoms with Gasteiger partial charge >= 0.3 is 23.2 Å². The van der Waals surface area contributed by atoms with Gasteiger partial charge in [-0.1, -0.05) is 0 Å². The molecule has 1 aliphatic rings. The second-order valence-electron chi connectivity index (χ2n) is 5.97. The highest BCUT2D eigenvalue weighted by atomic mass is 31.3. The summed E-state index contributed by atoms with van der Waals surface area (Å²) in [6.45, 7) is -0.662. The molecule has 1 saturated heterocycles. The molecule has 6 N–H and O–H groups in total. The molecule has 2 aromatic rings. The Morgan fingerprint density at radius 1 is 1.37 bits per heavy atom. The van der Waals surface area contributed by atoms with Crippen molar-refractivity contribution in [2.75, 3.05) is 12.3 Å². The van der Waals surface area contributed by atoms with E-state index in [9.17, 15) is 24.0 Å². The van der Waals surface area contributed by atoms with Crippen molar-refractivity contribution in [2.45, 2.75) is 24.9 Å². The van der Waals surface area contributed by atoms with Crippen LogP contribution in [0.4, 0.5) is 5.82 Å². The quantitative estimate of drug-likeness (QED) is 0.211. The predicted molar refractivity (Wildman–Crippen MR) is 96.9 cm³/mol. The van der Waals surface area contributed by atoms with E-state index in [2.05, 4.69) is 23.6 Å². The van der Waals surface area contributed by atoms with Gasteiger partial charge in [0.2, 0.25) is 0 Å². The van der Waals surface area contributed by atoms with Gasteiger partial charge in [0.25, 0.3) is 0 Å². The summed E-state index contributed by atoms with van der Waals surface area (Å²) in [5, 5.41) is 10.2. The zero-order chi connectivity index (χ0) is 22.3. The number of phosphoric acid groups is 2. The Kier molecular flexibility index (Phi) is 6.66. The summed E-state index contributed by atoms with van der Waals surface area (Å²) in [6.07, 6.45) is -0.385. The summed E-state index contributed by atoms with van der Waals surface area (Å²) in [4.78, 5) is 50.2. The minimum Gasteiger partial charge on any atom is -0.646 e. The molecule has 0 spiro atoms. The molecule has 2 radical (unpaired) electrons. The summed E-state index contributed by atoms with van der Waals surface area (Å²) in [6, 6.07) is 0. The smallest absolute Gasteiger partial charge is 0.515 e. The van der Waals surface area contributed by atoms with Crippen LogP contribution in [0.5, 0.6) is 0 Å². The number of hydrogen-bond donors (Lipinski definition) is 5. The van der Waals surface area contributed by atoms with E-state index in [1.165, 1.54) is 17.2 Å². The molecule has 1 aliphatic heterocycles. The zero-order valence-electron chi connectivity index (χ0n) is 14.7. The number of nitrogens with zero attached hydrogens (tertiary/aromatic N) is 4. The molecule has 5 atom stereocenters. The maximum atomic E-state index is 12.0. The normalized spacial score (nSPS) is 26.5. The van der Waals surface area contributed by atoms with E-state index in [0.717, 1.165) is 0 Å². The van der Waals surface area contributed by atoms with E-state index in [-0.39, 0.29) is 12.2 Å². The number of aromatic nitrogens is 4. The number of imidazole rings is 1. The summed E-state index contributed by atoms with van der Waals surface area (Å²) in [7, 11) is -10.7. The second-order valence-corrected chi connectivity index (χ2v) is 10.5. The molecule has 2 unspecified atom stereocenters. The molecule has 0 aromatic carbocycles. The van der Waals surface area contributed by atoms with Gasteiger partial charge in [-0.2, -0.15) is 4.31 Å². The molecule has 0 aliphatic carbocycles. The van der Waals surface area contributed by atoms with Crippen LogP contribution in [-0.4, -0.2) is 65.7 Å². The van der Waals surface area contributed by atoms with E-state index in [4.69, 9.17) is 32.3 Å². The Morgan fingerprint density at radius 3 is 2.73 bits per heavy atom. The molecular weight excluding hydrogens is 470 g/mol. The van der Waals surface area contributed by atoms with E-state index in [1.54, 1.807) is 0 Å². The maximum absolute atomic E-state index is 12.0. The first kappa shape index (κ1) is 23.6. The van der Waals surface area contributed by atoms with Gasteiger partial charge in [-0.05, 0) is 0 Å². The van der Waals surface area contributed by atoms with Crippen molar-refractivity contribution in [3.8, 4) is 0 Å². The molecule has 0 bridgehead atoms. The fourth-order valence-corrected chi connectivity index (χ4v) is 5.77. The van der Waals surface area contributed by atoms with Crippen LogP contribution in [0, 0.1) is 0 Å². The first-order valence-corrected chi connectivity index (χ1v) is 12.5. The highest BCUT2D eigenvalue weighted by Gasteiger charge is 2.44. The third kappa shape index (κ3) is 5.80. The third-order valence-corrected chi connectivity index (χ3v) is 7.67. The van der Waals surface area contributed by atoms with Crippen LogP contribution in [0.2, 0.25) is 0 Å². The van der Waals surface area contributed by atoms with Gasteiger partial charge in [0.05, 0.1) is 12.4 Å². The van der Waals surface area contributed by atoms with Crippen molar-refractivity contribution in [1.82, 2.24) is 19.5 Å². The first-order chi connectivity index (χ1) is 13.8. The number of nitrogen functional groups attached to an aromatic ring is 1. The van der Waals surface area contributed by atoms with Gasteiger partial charge in [-0.15, -0.1) is 4.31 Å². The number of fused-ring (bicyclic) bond motifs is 1. The van der Waals surface area contributed by atoms with E-state index >= 15 is 0 Å². The molecule has 3 heterocycles. The molecule has 0 saturated carbocycles. The van der Waals surface area contributed by atoms with E-state index < -0.39 is 48.5 Å². The van der Waals surface area contributed by atoms with Crippen LogP contribution < -0.4 is 10.6 Å². The summed E-state index contributed by atoms with van der Waals surface area (Å²) in [5.74, 6) is 0.143. The van der Waals surface area contributed by atoms with Crippen LogP contribution in [-0.2, 0) is 27.0 Å². The van der Waals surface area contributed by atoms with Gasteiger partial charge < -0.3 is 35.2 Å². The lowest BCUT2D eigenvalue weighted by atomic mass is 10.2. The highest BCUT2D eigenvalue weighted by Crippen LogP contribution is 2.67. The maximum Gasteiger partial charge on any atom is 0.515 e. The molecule has 0 amide bonds. The summed E-state index contributed by atoms with van der Waals surface area (Å²) in [5.41, 5.74) is 6.36. The lowest BCUT2D eigenvalue weighted by molar-refractivity contribution is -0.206. The van der Waals surface area contributed by atoms with Gasteiger partial charge in [0, 0.05) is 6.42 Å². The number of anilines is 1. The van der Waals surface area contributed by atoms with Crippen LogP contribution in [0.15, 0.2) is 12.7 Å². The molecule has 30 heavy (non-hydrogen) atoms. The predicted octanol–water partition coefficient (Wildman–Crippen LogP) is -1.49. The highest BCUT2D eigenvalue weighted by molar-refractivity contribution is 7.88. The monoisotopic (exact) mass is 485 g/mol. The Labute approximate surface area is 169 Å². The molecule has 3 rings (SSSR count). The average molecular weight is 485 g/mol. The van der Waals surface area contributed by atoms with E-state index in [0.29, 0.717) is 11.2 Å². The Hall–Kier alpha value is -1.06. The number of rotatable bonds is 8. The number of aliphatic hydroxyl groups excluding tert-OH is 1. The number of aliphatic hydroxyl groups is 1. The van der Waals surface area contributed by atoms with Crippen molar-refractivity contribution in [2.24, 2.45) is 0 Å².